The van der Waals surface area contributed by atoms with Crippen molar-refractivity contribution in [2.75, 3.05) is 0 Å². The van der Waals surface area contributed by atoms with Crippen LogP contribution in [0.25, 0.3) is 0 Å². The van der Waals surface area contributed by atoms with Gasteiger partial charge >= 0.3 is 0 Å². The smallest absolute Gasteiger partial charge is 0.0948 e. The molecule has 1 heterocycles. The van der Waals surface area contributed by atoms with E-state index < -0.39 is 0 Å². The molecular formula is C8H14O. The van der Waals surface area contributed by atoms with Crippen molar-refractivity contribution in [1.82, 2.24) is 0 Å². The third-order valence-corrected chi connectivity index (χ3v) is 2.66. The predicted octanol–water partition coefficient (Wildman–Crippen LogP) is 2.11. The lowest BCUT2D eigenvalue weighted by atomic mass is 9.81. The van der Waals surface area contributed by atoms with Crippen molar-refractivity contribution in [3.8, 4) is 0 Å². The van der Waals surface area contributed by atoms with Crippen molar-refractivity contribution >= 4 is 0 Å². The first-order valence-electron chi connectivity index (χ1n) is 4.05. The molecule has 1 saturated heterocycles. The molecule has 2 rings (SSSR count). The van der Waals surface area contributed by atoms with Gasteiger partial charge < -0.3 is 4.74 Å². The molecule has 2 aliphatic rings. The number of hydrogen-bond acceptors (Lipinski definition) is 1. The topological polar surface area (TPSA) is 12.5 Å². The Hall–Kier alpha value is -0.0400. The van der Waals surface area contributed by atoms with Crippen molar-refractivity contribution in [2.45, 2.75) is 50.7 Å². The zero-order valence-corrected chi connectivity index (χ0v) is 6.02. The second kappa shape index (κ2) is 1.72. The molecule has 1 atom stereocenters. The van der Waals surface area contributed by atoms with E-state index in [2.05, 4.69) is 6.92 Å². The fourth-order valence-corrected chi connectivity index (χ4v) is 1.80. The Morgan fingerprint density at radius 1 is 1.56 bits per heavy atom. The molecule has 1 spiro atoms. The standard InChI is InChI=1S/C8H14O/c1-2-4-7-8(9-7)5-3-6-8/h7H,2-6H2,1H3. The molecule has 2 fully saturated rings. The Morgan fingerprint density at radius 3 is 2.67 bits per heavy atom. The van der Waals surface area contributed by atoms with E-state index >= 15 is 0 Å². The van der Waals surface area contributed by atoms with Crippen LogP contribution in [-0.4, -0.2) is 11.7 Å². The zero-order chi connectivity index (χ0) is 6.32. The van der Waals surface area contributed by atoms with E-state index in [1.807, 2.05) is 0 Å². The predicted molar refractivity (Wildman–Crippen MR) is 36.4 cm³/mol. The van der Waals surface area contributed by atoms with Crippen LogP contribution in [0.1, 0.15) is 39.0 Å². The fraction of sp³-hybridized carbons (Fsp3) is 1.00. The summed E-state index contributed by atoms with van der Waals surface area (Å²) in [4.78, 5) is 0. The molecule has 1 aliphatic heterocycles. The van der Waals surface area contributed by atoms with Gasteiger partial charge in [-0.2, -0.15) is 0 Å². The van der Waals surface area contributed by atoms with Crippen LogP contribution >= 0.6 is 0 Å². The second-order valence-corrected chi connectivity index (χ2v) is 3.31. The largest absolute Gasteiger partial charge is 0.366 e. The maximum Gasteiger partial charge on any atom is 0.0948 e. The Labute approximate surface area is 56.4 Å². The van der Waals surface area contributed by atoms with E-state index in [1.54, 1.807) is 0 Å². The first kappa shape index (κ1) is 5.72. The lowest BCUT2D eigenvalue weighted by Gasteiger charge is -2.21. The summed E-state index contributed by atoms with van der Waals surface area (Å²) in [6, 6.07) is 0. The monoisotopic (exact) mass is 126 g/mol. The number of epoxide rings is 1. The van der Waals surface area contributed by atoms with Crippen LogP contribution in [0.2, 0.25) is 0 Å². The molecule has 9 heavy (non-hydrogen) atoms. The van der Waals surface area contributed by atoms with Crippen molar-refractivity contribution < 1.29 is 4.74 Å². The minimum absolute atomic E-state index is 0.440. The molecule has 1 heteroatoms. The highest BCUT2D eigenvalue weighted by Crippen LogP contribution is 2.53. The zero-order valence-electron chi connectivity index (χ0n) is 6.02. The van der Waals surface area contributed by atoms with E-state index in [9.17, 15) is 0 Å². The lowest BCUT2D eigenvalue weighted by molar-refractivity contribution is 0.198. The van der Waals surface area contributed by atoms with Crippen LogP contribution in [0.3, 0.4) is 0 Å². The van der Waals surface area contributed by atoms with E-state index in [-0.39, 0.29) is 0 Å². The van der Waals surface area contributed by atoms with Gasteiger partial charge in [-0.05, 0) is 25.7 Å². The van der Waals surface area contributed by atoms with Crippen LogP contribution in [0.5, 0.6) is 0 Å². The Kier molecular flexibility index (Phi) is 1.10. The molecule has 52 valence electrons. The number of ether oxygens (including phenoxy) is 1. The summed E-state index contributed by atoms with van der Waals surface area (Å²) in [5.74, 6) is 0. The molecule has 1 nitrogen and oxygen atoms in total. The van der Waals surface area contributed by atoms with Crippen molar-refractivity contribution in [1.29, 1.82) is 0 Å². The van der Waals surface area contributed by atoms with Crippen LogP contribution in [-0.2, 0) is 4.74 Å². The van der Waals surface area contributed by atoms with Gasteiger partial charge in [-0.3, -0.25) is 0 Å². The third kappa shape index (κ3) is 0.710. The summed E-state index contributed by atoms with van der Waals surface area (Å²) >= 11 is 0. The van der Waals surface area contributed by atoms with Gasteiger partial charge in [0, 0.05) is 0 Å². The summed E-state index contributed by atoms with van der Waals surface area (Å²) in [6.07, 6.45) is 7.33. The average Bonchev–Trinajstić information content (AvgIpc) is 2.41. The van der Waals surface area contributed by atoms with Gasteiger partial charge in [-0.15, -0.1) is 0 Å². The van der Waals surface area contributed by atoms with Gasteiger partial charge in [0.15, 0.2) is 0 Å². The molecule has 0 bridgehead atoms. The first-order valence-corrected chi connectivity index (χ1v) is 4.05. The van der Waals surface area contributed by atoms with Crippen molar-refractivity contribution in [2.24, 2.45) is 0 Å². The molecule has 1 saturated carbocycles. The Balaban J connectivity index is 1.80. The fourth-order valence-electron chi connectivity index (χ4n) is 1.80. The third-order valence-electron chi connectivity index (χ3n) is 2.66. The maximum absolute atomic E-state index is 5.58. The van der Waals surface area contributed by atoms with E-state index in [0.717, 1.165) is 0 Å². The molecule has 0 radical (unpaired) electrons. The molecular weight excluding hydrogens is 112 g/mol. The van der Waals surface area contributed by atoms with E-state index in [1.165, 1.54) is 32.1 Å². The van der Waals surface area contributed by atoms with E-state index in [4.69, 9.17) is 4.74 Å². The second-order valence-electron chi connectivity index (χ2n) is 3.31. The molecule has 0 amide bonds. The van der Waals surface area contributed by atoms with Crippen LogP contribution in [0, 0.1) is 0 Å². The summed E-state index contributed by atoms with van der Waals surface area (Å²) in [6.45, 7) is 2.23. The SMILES string of the molecule is CCCC1OC12CCC2. The first-order chi connectivity index (χ1) is 4.37. The van der Waals surface area contributed by atoms with Crippen LogP contribution in [0.4, 0.5) is 0 Å². The molecule has 1 unspecified atom stereocenters. The van der Waals surface area contributed by atoms with Gasteiger partial charge in [-0.1, -0.05) is 13.3 Å². The summed E-state index contributed by atoms with van der Waals surface area (Å²) in [5, 5.41) is 0. The summed E-state index contributed by atoms with van der Waals surface area (Å²) < 4.78 is 5.58. The molecule has 1 aliphatic carbocycles. The van der Waals surface area contributed by atoms with Gasteiger partial charge in [-0.25, -0.2) is 0 Å². The molecule has 0 N–H and O–H groups in total. The quantitative estimate of drug-likeness (QED) is 0.516. The molecule has 0 aromatic rings. The van der Waals surface area contributed by atoms with Crippen molar-refractivity contribution in [3.05, 3.63) is 0 Å². The minimum atomic E-state index is 0.440. The lowest BCUT2D eigenvalue weighted by Crippen LogP contribution is -2.24. The highest BCUT2D eigenvalue weighted by molar-refractivity contribution is 5.07. The molecule has 0 aromatic heterocycles. The minimum Gasteiger partial charge on any atom is -0.366 e. The van der Waals surface area contributed by atoms with Gasteiger partial charge in [0.25, 0.3) is 0 Å². The van der Waals surface area contributed by atoms with Crippen molar-refractivity contribution in [3.63, 3.8) is 0 Å². The van der Waals surface area contributed by atoms with Crippen LogP contribution in [0.15, 0.2) is 0 Å². The summed E-state index contributed by atoms with van der Waals surface area (Å²) in [7, 11) is 0. The Morgan fingerprint density at radius 2 is 2.33 bits per heavy atom. The number of hydrogen-bond donors (Lipinski definition) is 0. The maximum atomic E-state index is 5.58. The van der Waals surface area contributed by atoms with Gasteiger partial charge in [0.05, 0.1) is 11.7 Å². The van der Waals surface area contributed by atoms with Gasteiger partial charge in [0.1, 0.15) is 0 Å². The molecule has 0 aromatic carbocycles. The number of rotatable bonds is 2. The normalized spacial score (nSPS) is 36.3. The van der Waals surface area contributed by atoms with E-state index in [0.29, 0.717) is 11.7 Å². The summed E-state index contributed by atoms with van der Waals surface area (Å²) in [5.41, 5.74) is 0.440. The highest BCUT2D eigenvalue weighted by Gasteiger charge is 2.58. The van der Waals surface area contributed by atoms with Gasteiger partial charge in [0.2, 0.25) is 0 Å². The van der Waals surface area contributed by atoms with Crippen LogP contribution < -0.4 is 0 Å². The average molecular weight is 126 g/mol. The Bertz CT molecular complexity index is 114. The highest BCUT2D eigenvalue weighted by atomic mass is 16.6.